The number of rotatable bonds is 9. The number of halogens is 1. The van der Waals surface area contributed by atoms with Crippen molar-refractivity contribution in [3.05, 3.63) is 59.4 Å². The highest BCUT2D eigenvalue weighted by Crippen LogP contribution is 2.27. The zero-order valence-electron chi connectivity index (χ0n) is 15.7. The fraction of sp³-hybridized carbons (Fsp3) is 0.250. The van der Waals surface area contributed by atoms with Gasteiger partial charge in [-0.3, -0.25) is 9.59 Å². The van der Waals surface area contributed by atoms with Crippen molar-refractivity contribution in [2.24, 2.45) is 5.10 Å². The molecule has 2 aromatic rings. The van der Waals surface area contributed by atoms with E-state index in [1.807, 2.05) is 12.1 Å². The van der Waals surface area contributed by atoms with Crippen LogP contribution in [0.5, 0.6) is 11.5 Å². The normalized spacial score (nSPS) is 10.5. The molecule has 2 aromatic carbocycles. The summed E-state index contributed by atoms with van der Waals surface area (Å²) in [6, 6.07) is 11.1. The lowest BCUT2D eigenvalue weighted by Gasteiger charge is -2.10. The van der Waals surface area contributed by atoms with Crippen LogP contribution in [-0.2, 0) is 16.0 Å². The Labute approximate surface area is 162 Å². The summed E-state index contributed by atoms with van der Waals surface area (Å²) in [6.07, 6.45) is 1.61. The lowest BCUT2D eigenvalue weighted by molar-refractivity contribution is -0.129. The van der Waals surface area contributed by atoms with Gasteiger partial charge in [0.05, 0.1) is 20.4 Å². The van der Waals surface area contributed by atoms with Crippen LogP contribution in [0.4, 0.5) is 4.39 Å². The third-order valence-corrected chi connectivity index (χ3v) is 3.78. The summed E-state index contributed by atoms with van der Waals surface area (Å²) in [4.78, 5) is 23.5. The van der Waals surface area contributed by atoms with Crippen molar-refractivity contribution in [2.45, 2.75) is 12.8 Å². The average molecular weight is 387 g/mol. The first-order valence-corrected chi connectivity index (χ1v) is 8.57. The molecule has 2 N–H and O–H groups in total. The maximum absolute atomic E-state index is 12.8. The van der Waals surface area contributed by atoms with Crippen molar-refractivity contribution in [3.63, 3.8) is 0 Å². The summed E-state index contributed by atoms with van der Waals surface area (Å²) >= 11 is 0. The summed E-state index contributed by atoms with van der Waals surface area (Å²) in [6.45, 7) is 0.375. The number of hydrazone groups is 1. The molecule has 0 saturated carbocycles. The summed E-state index contributed by atoms with van der Waals surface area (Å²) in [5, 5.41) is 6.41. The number of ether oxygens (including phenoxy) is 2. The number of nitrogens with zero attached hydrogens (tertiary/aromatic N) is 1. The van der Waals surface area contributed by atoms with Crippen molar-refractivity contribution in [1.82, 2.24) is 10.7 Å². The van der Waals surface area contributed by atoms with E-state index in [2.05, 4.69) is 15.8 Å². The maximum atomic E-state index is 12.8. The topological polar surface area (TPSA) is 89.0 Å². The van der Waals surface area contributed by atoms with Crippen molar-refractivity contribution < 1.29 is 23.5 Å². The lowest BCUT2D eigenvalue weighted by Crippen LogP contribution is -2.31. The highest BCUT2D eigenvalue weighted by atomic mass is 19.1. The number of carbonyl (C=O) groups is 2. The molecule has 0 bridgehead atoms. The van der Waals surface area contributed by atoms with Gasteiger partial charge in [-0.1, -0.05) is 18.2 Å². The molecule has 0 saturated heterocycles. The molecule has 0 radical (unpaired) electrons. The minimum absolute atomic E-state index is 0.341. The van der Waals surface area contributed by atoms with E-state index in [-0.39, 0.29) is 12.2 Å². The highest BCUT2D eigenvalue weighted by Gasteiger charge is 2.09. The Hall–Kier alpha value is -3.42. The number of nitrogens with one attached hydrogen (secondary N) is 2. The summed E-state index contributed by atoms with van der Waals surface area (Å²) in [5.74, 6) is -0.0549. The first-order chi connectivity index (χ1) is 13.5. The largest absolute Gasteiger partial charge is 0.493 e. The van der Waals surface area contributed by atoms with E-state index in [0.717, 1.165) is 5.56 Å². The quantitative estimate of drug-likeness (QED) is 0.392. The Balaban J connectivity index is 1.71. The first-order valence-electron chi connectivity index (χ1n) is 8.57. The van der Waals surface area contributed by atoms with Crippen molar-refractivity contribution in [2.75, 3.05) is 20.8 Å². The van der Waals surface area contributed by atoms with Gasteiger partial charge >= 0.3 is 0 Å². The first kappa shape index (κ1) is 20.9. The molecule has 0 aliphatic rings. The smallest absolute Gasteiger partial charge is 0.249 e. The van der Waals surface area contributed by atoms with E-state index in [9.17, 15) is 14.0 Å². The van der Waals surface area contributed by atoms with Gasteiger partial charge in [-0.25, -0.2) is 9.82 Å². The molecular formula is C20H22FN3O4. The molecule has 0 aromatic heterocycles. The second-order valence-corrected chi connectivity index (χ2v) is 5.81. The third-order valence-electron chi connectivity index (χ3n) is 3.78. The van der Waals surface area contributed by atoms with Crippen LogP contribution in [-0.4, -0.2) is 38.8 Å². The second kappa shape index (κ2) is 10.7. The van der Waals surface area contributed by atoms with Crippen LogP contribution in [0.2, 0.25) is 0 Å². The molecule has 0 atom stereocenters. The standard InChI is InChI=1S/C20H22FN3O4/c1-27-17-8-5-14(11-18(17)28-2)9-10-22-19(25)12-20(26)24-23-13-15-3-6-16(21)7-4-15/h3-8,11,13H,9-10,12H2,1-2H3,(H,22,25)(H,24,26)/b23-13-. The Morgan fingerprint density at radius 1 is 1.04 bits per heavy atom. The van der Waals surface area contributed by atoms with Crippen LogP contribution in [0.1, 0.15) is 17.5 Å². The molecule has 0 aliphatic carbocycles. The fourth-order valence-corrected chi connectivity index (χ4v) is 2.36. The number of methoxy groups -OCH3 is 2. The van der Waals surface area contributed by atoms with Gasteiger partial charge in [-0.2, -0.15) is 5.10 Å². The maximum Gasteiger partial charge on any atom is 0.249 e. The predicted molar refractivity (Wildman–Crippen MR) is 103 cm³/mol. The Bertz CT molecular complexity index is 838. The fourth-order valence-electron chi connectivity index (χ4n) is 2.36. The lowest BCUT2D eigenvalue weighted by atomic mass is 10.1. The summed E-state index contributed by atoms with van der Waals surface area (Å²) < 4.78 is 23.2. The molecule has 0 aliphatic heterocycles. The van der Waals surface area contributed by atoms with Crippen LogP contribution >= 0.6 is 0 Å². The van der Waals surface area contributed by atoms with Gasteiger partial charge < -0.3 is 14.8 Å². The minimum Gasteiger partial charge on any atom is -0.493 e. The average Bonchev–Trinajstić information content (AvgIpc) is 2.69. The van der Waals surface area contributed by atoms with Crippen molar-refractivity contribution in [1.29, 1.82) is 0 Å². The monoisotopic (exact) mass is 387 g/mol. The molecule has 0 fully saturated rings. The molecule has 0 unspecified atom stereocenters. The Morgan fingerprint density at radius 3 is 2.43 bits per heavy atom. The van der Waals surface area contributed by atoms with E-state index in [1.54, 1.807) is 20.3 Å². The zero-order chi connectivity index (χ0) is 20.4. The van der Waals surface area contributed by atoms with E-state index >= 15 is 0 Å². The molecule has 8 heteroatoms. The number of hydrogen-bond donors (Lipinski definition) is 2. The molecular weight excluding hydrogens is 365 g/mol. The van der Waals surface area contributed by atoms with E-state index in [0.29, 0.717) is 30.0 Å². The van der Waals surface area contributed by atoms with Gasteiger partial charge in [-0.15, -0.1) is 0 Å². The highest BCUT2D eigenvalue weighted by molar-refractivity contribution is 5.97. The number of amides is 2. The second-order valence-electron chi connectivity index (χ2n) is 5.81. The number of benzene rings is 2. The minimum atomic E-state index is -0.540. The predicted octanol–water partition coefficient (Wildman–Crippen LogP) is 2.04. The number of carbonyl (C=O) groups excluding carboxylic acids is 2. The summed E-state index contributed by atoms with van der Waals surface area (Å²) in [5.41, 5.74) is 3.85. The molecule has 2 amide bonds. The van der Waals surface area contributed by atoms with Crippen LogP contribution in [0.3, 0.4) is 0 Å². The van der Waals surface area contributed by atoms with Gasteiger partial charge in [0.1, 0.15) is 12.2 Å². The molecule has 7 nitrogen and oxygen atoms in total. The number of hydrogen-bond acceptors (Lipinski definition) is 5. The zero-order valence-corrected chi connectivity index (χ0v) is 15.7. The SMILES string of the molecule is COc1ccc(CCNC(=O)CC(=O)N/N=C\c2ccc(F)cc2)cc1OC. The molecule has 2 rings (SSSR count). The molecule has 0 spiro atoms. The van der Waals surface area contributed by atoms with Crippen LogP contribution < -0.4 is 20.2 Å². The molecule has 28 heavy (non-hydrogen) atoms. The molecule has 148 valence electrons. The van der Waals surface area contributed by atoms with Crippen LogP contribution in [0, 0.1) is 5.82 Å². The van der Waals surface area contributed by atoms with E-state index < -0.39 is 11.8 Å². The van der Waals surface area contributed by atoms with Gasteiger partial charge in [0.15, 0.2) is 11.5 Å². The van der Waals surface area contributed by atoms with Crippen LogP contribution in [0.15, 0.2) is 47.6 Å². The Kier molecular flexibility index (Phi) is 7.95. The van der Waals surface area contributed by atoms with E-state index in [1.165, 1.54) is 30.5 Å². The summed E-state index contributed by atoms with van der Waals surface area (Å²) in [7, 11) is 3.12. The molecule has 0 heterocycles. The van der Waals surface area contributed by atoms with Gasteiger partial charge in [0.25, 0.3) is 0 Å². The van der Waals surface area contributed by atoms with E-state index in [4.69, 9.17) is 9.47 Å². The van der Waals surface area contributed by atoms with Crippen molar-refractivity contribution in [3.8, 4) is 11.5 Å². The van der Waals surface area contributed by atoms with Crippen LogP contribution in [0.25, 0.3) is 0 Å². The van der Waals surface area contributed by atoms with Gasteiger partial charge in [0, 0.05) is 6.54 Å². The van der Waals surface area contributed by atoms with Gasteiger partial charge in [0.2, 0.25) is 11.8 Å². The third kappa shape index (κ3) is 6.71. The van der Waals surface area contributed by atoms with Gasteiger partial charge in [-0.05, 0) is 41.8 Å². The van der Waals surface area contributed by atoms with Crippen molar-refractivity contribution >= 4 is 18.0 Å². The Morgan fingerprint density at radius 2 is 1.75 bits per heavy atom.